The number of hydrogen-bond donors (Lipinski definition) is 0. The molecule has 0 saturated heterocycles. The molecular weight excluding hydrogens is 136 g/mol. The van der Waals surface area contributed by atoms with Crippen LogP contribution in [0, 0.1) is 6.07 Å². The minimum absolute atomic E-state index is 0.713. The summed E-state index contributed by atoms with van der Waals surface area (Å²) in [4.78, 5) is 0. The Balaban J connectivity index is 2.28. The van der Waals surface area contributed by atoms with Gasteiger partial charge in [-0.15, -0.1) is 0 Å². The number of hydrogen-bond acceptors (Lipinski definition) is 1. The fourth-order valence-corrected chi connectivity index (χ4v) is 0.855. The Kier molecular flexibility index (Phi) is 3.70. The van der Waals surface area contributed by atoms with Crippen molar-refractivity contribution in [3.05, 3.63) is 35.9 Å². The van der Waals surface area contributed by atoms with Crippen molar-refractivity contribution in [1.82, 2.24) is 0 Å². The fraction of sp³-hybridized carbons (Fsp3) is 0.400. The lowest BCUT2D eigenvalue weighted by atomic mass is 10.2. The van der Waals surface area contributed by atoms with Crippen molar-refractivity contribution in [2.24, 2.45) is 0 Å². The van der Waals surface area contributed by atoms with E-state index in [0.29, 0.717) is 6.61 Å². The van der Waals surface area contributed by atoms with Crippen LogP contribution in [-0.4, -0.2) is 6.61 Å². The van der Waals surface area contributed by atoms with E-state index in [1.165, 1.54) is 5.56 Å². The van der Waals surface area contributed by atoms with Gasteiger partial charge in [-0.05, 0) is 24.1 Å². The molecule has 0 aliphatic heterocycles. The van der Waals surface area contributed by atoms with Gasteiger partial charge < -0.3 is 4.74 Å². The van der Waals surface area contributed by atoms with Crippen molar-refractivity contribution < 1.29 is 4.74 Å². The number of rotatable bonds is 4. The molecule has 0 heterocycles. The van der Waals surface area contributed by atoms with Crippen LogP contribution in [0.3, 0.4) is 0 Å². The highest BCUT2D eigenvalue weighted by Crippen LogP contribution is 1.99. The molecular formula is C10H13O. The predicted molar refractivity (Wildman–Crippen MR) is 45.2 cm³/mol. The SMILES string of the molecule is CCCOCc1c[c]ccc1. The van der Waals surface area contributed by atoms with E-state index >= 15 is 0 Å². The standard InChI is InChI=1S/C10H13O/c1-2-8-11-9-10-6-4-3-5-7-10/h3-4,6-7H,2,8-9H2,1H3. The van der Waals surface area contributed by atoms with Crippen LogP contribution in [0.1, 0.15) is 18.9 Å². The zero-order valence-corrected chi connectivity index (χ0v) is 6.84. The first kappa shape index (κ1) is 8.28. The minimum Gasteiger partial charge on any atom is -0.377 e. The summed E-state index contributed by atoms with van der Waals surface area (Å²) in [5.41, 5.74) is 1.20. The third-order valence-electron chi connectivity index (χ3n) is 1.39. The van der Waals surface area contributed by atoms with Gasteiger partial charge in [-0.25, -0.2) is 0 Å². The highest BCUT2D eigenvalue weighted by Gasteiger charge is 1.88. The zero-order chi connectivity index (χ0) is 7.94. The largest absolute Gasteiger partial charge is 0.377 e. The summed E-state index contributed by atoms with van der Waals surface area (Å²) in [5, 5.41) is 0. The molecule has 11 heavy (non-hydrogen) atoms. The van der Waals surface area contributed by atoms with Gasteiger partial charge in [0.25, 0.3) is 0 Å². The highest BCUT2D eigenvalue weighted by molar-refractivity contribution is 5.12. The molecule has 0 N–H and O–H groups in total. The second-order valence-corrected chi connectivity index (χ2v) is 2.46. The summed E-state index contributed by atoms with van der Waals surface area (Å²) in [6.07, 6.45) is 1.08. The first-order valence-corrected chi connectivity index (χ1v) is 3.96. The molecule has 1 aromatic rings. The van der Waals surface area contributed by atoms with Gasteiger partial charge in [-0.1, -0.05) is 25.1 Å². The molecule has 1 nitrogen and oxygen atoms in total. The van der Waals surface area contributed by atoms with Crippen molar-refractivity contribution in [2.75, 3.05) is 6.61 Å². The summed E-state index contributed by atoms with van der Waals surface area (Å²) in [6, 6.07) is 10.9. The van der Waals surface area contributed by atoms with E-state index in [0.717, 1.165) is 13.0 Å². The third kappa shape index (κ3) is 3.19. The van der Waals surface area contributed by atoms with Gasteiger partial charge in [0.1, 0.15) is 0 Å². The molecule has 0 saturated carbocycles. The summed E-state index contributed by atoms with van der Waals surface area (Å²) >= 11 is 0. The zero-order valence-electron chi connectivity index (χ0n) is 6.84. The fourth-order valence-electron chi connectivity index (χ4n) is 0.855. The second kappa shape index (κ2) is 4.91. The van der Waals surface area contributed by atoms with E-state index in [1.807, 2.05) is 24.3 Å². The van der Waals surface area contributed by atoms with E-state index in [9.17, 15) is 0 Å². The van der Waals surface area contributed by atoms with Crippen LogP contribution in [0.25, 0.3) is 0 Å². The van der Waals surface area contributed by atoms with Gasteiger partial charge in [0.05, 0.1) is 6.61 Å². The Morgan fingerprint density at radius 3 is 3.09 bits per heavy atom. The lowest BCUT2D eigenvalue weighted by molar-refractivity contribution is 0.121. The summed E-state index contributed by atoms with van der Waals surface area (Å²) in [5.74, 6) is 0. The Morgan fingerprint density at radius 1 is 1.55 bits per heavy atom. The van der Waals surface area contributed by atoms with Crippen LogP contribution in [0.2, 0.25) is 0 Å². The maximum absolute atomic E-state index is 5.35. The van der Waals surface area contributed by atoms with Gasteiger partial charge in [-0.3, -0.25) is 0 Å². The molecule has 0 bridgehead atoms. The van der Waals surface area contributed by atoms with Gasteiger partial charge in [0, 0.05) is 6.61 Å². The van der Waals surface area contributed by atoms with Gasteiger partial charge >= 0.3 is 0 Å². The monoisotopic (exact) mass is 149 g/mol. The molecule has 1 radical (unpaired) electrons. The number of benzene rings is 1. The Hall–Kier alpha value is -0.820. The Morgan fingerprint density at radius 2 is 2.45 bits per heavy atom. The van der Waals surface area contributed by atoms with Crippen LogP contribution >= 0.6 is 0 Å². The second-order valence-electron chi connectivity index (χ2n) is 2.46. The predicted octanol–water partition coefficient (Wildman–Crippen LogP) is 2.41. The smallest absolute Gasteiger partial charge is 0.0717 e. The van der Waals surface area contributed by atoms with Gasteiger partial charge in [0.2, 0.25) is 0 Å². The normalized spacial score (nSPS) is 9.91. The molecule has 59 valence electrons. The molecule has 0 aliphatic rings. The average molecular weight is 149 g/mol. The Bertz CT molecular complexity index is 181. The van der Waals surface area contributed by atoms with Crippen LogP contribution in [0.15, 0.2) is 24.3 Å². The molecule has 1 heteroatoms. The third-order valence-corrected chi connectivity index (χ3v) is 1.39. The van der Waals surface area contributed by atoms with Crippen LogP contribution in [0.4, 0.5) is 0 Å². The molecule has 0 unspecified atom stereocenters. The van der Waals surface area contributed by atoms with Crippen molar-refractivity contribution in [1.29, 1.82) is 0 Å². The van der Waals surface area contributed by atoms with Crippen molar-refractivity contribution >= 4 is 0 Å². The van der Waals surface area contributed by atoms with Gasteiger partial charge in [-0.2, -0.15) is 0 Å². The van der Waals surface area contributed by atoms with Crippen LogP contribution in [-0.2, 0) is 11.3 Å². The molecule has 0 atom stereocenters. The molecule has 1 aromatic carbocycles. The van der Waals surface area contributed by atoms with E-state index in [1.54, 1.807) is 0 Å². The average Bonchev–Trinajstić information content (AvgIpc) is 2.07. The van der Waals surface area contributed by atoms with Gasteiger partial charge in [0.15, 0.2) is 0 Å². The molecule has 0 spiro atoms. The van der Waals surface area contributed by atoms with Crippen molar-refractivity contribution in [3.8, 4) is 0 Å². The van der Waals surface area contributed by atoms with E-state index in [4.69, 9.17) is 4.74 Å². The molecule has 0 aromatic heterocycles. The first-order chi connectivity index (χ1) is 5.43. The lowest BCUT2D eigenvalue weighted by Gasteiger charge is -2.00. The highest BCUT2D eigenvalue weighted by atomic mass is 16.5. The summed E-state index contributed by atoms with van der Waals surface area (Å²) in [7, 11) is 0. The summed E-state index contributed by atoms with van der Waals surface area (Å²) in [6.45, 7) is 3.66. The Labute approximate surface area is 68.0 Å². The quantitative estimate of drug-likeness (QED) is 0.597. The molecule has 0 aliphatic carbocycles. The first-order valence-electron chi connectivity index (χ1n) is 3.96. The molecule has 0 fully saturated rings. The lowest BCUT2D eigenvalue weighted by Crippen LogP contribution is -1.92. The van der Waals surface area contributed by atoms with E-state index in [2.05, 4.69) is 13.0 Å². The summed E-state index contributed by atoms with van der Waals surface area (Å²) < 4.78 is 5.35. The molecule has 1 rings (SSSR count). The van der Waals surface area contributed by atoms with E-state index in [-0.39, 0.29) is 0 Å². The van der Waals surface area contributed by atoms with Crippen LogP contribution < -0.4 is 0 Å². The van der Waals surface area contributed by atoms with Crippen molar-refractivity contribution in [3.63, 3.8) is 0 Å². The van der Waals surface area contributed by atoms with Crippen LogP contribution in [0.5, 0.6) is 0 Å². The maximum atomic E-state index is 5.35. The number of ether oxygens (including phenoxy) is 1. The van der Waals surface area contributed by atoms with Crippen molar-refractivity contribution in [2.45, 2.75) is 20.0 Å². The maximum Gasteiger partial charge on any atom is 0.0717 e. The topological polar surface area (TPSA) is 9.23 Å². The van der Waals surface area contributed by atoms with E-state index < -0.39 is 0 Å². The molecule has 0 amide bonds. The minimum atomic E-state index is 0.713.